The molecule has 0 aliphatic rings. The molecule has 1 heteroatoms. The summed E-state index contributed by atoms with van der Waals surface area (Å²) in [7, 11) is 0. The van der Waals surface area contributed by atoms with Crippen LogP contribution in [0.2, 0.25) is 0 Å². The molecule has 10 aromatic rings. The summed E-state index contributed by atoms with van der Waals surface area (Å²) in [6.45, 7) is 0. The number of aromatic nitrogens is 1. The van der Waals surface area contributed by atoms with Gasteiger partial charge in [-0.05, 0) is 98.3 Å². The molecule has 44 heavy (non-hydrogen) atoms. The highest BCUT2D eigenvalue weighted by Crippen LogP contribution is 2.48. The van der Waals surface area contributed by atoms with E-state index in [1.165, 1.54) is 97.7 Å². The predicted molar refractivity (Wildman–Crippen MR) is 189 cm³/mol. The van der Waals surface area contributed by atoms with Crippen LogP contribution in [0, 0.1) is 0 Å². The highest BCUT2D eigenvalue weighted by molar-refractivity contribution is 6.35. The SMILES string of the molecule is c1ccc2c(-c3c4ccccc4c(-c4ccc5c6cccc7cccc(c8cccc4c85)c76)c4cnccc34)cccc2c1. The Morgan fingerprint density at radius 1 is 0.295 bits per heavy atom. The first kappa shape index (κ1) is 23.7. The average Bonchev–Trinajstić information content (AvgIpc) is 3.09. The molecule has 0 radical (unpaired) electrons. The molecule has 0 fully saturated rings. The van der Waals surface area contributed by atoms with Gasteiger partial charge in [0.2, 0.25) is 0 Å². The van der Waals surface area contributed by atoms with Crippen LogP contribution in [0.3, 0.4) is 0 Å². The van der Waals surface area contributed by atoms with E-state index in [0.717, 1.165) is 0 Å². The molecular formula is C43H25N. The normalized spacial score (nSPS) is 12.1. The number of nitrogens with zero attached hydrogens (tertiary/aromatic N) is 1. The maximum absolute atomic E-state index is 4.70. The van der Waals surface area contributed by atoms with Crippen molar-refractivity contribution in [2.45, 2.75) is 0 Å². The van der Waals surface area contributed by atoms with E-state index in [-0.39, 0.29) is 0 Å². The Labute approximate surface area is 254 Å². The summed E-state index contributed by atoms with van der Waals surface area (Å²) in [6, 6.07) is 51.4. The van der Waals surface area contributed by atoms with Crippen LogP contribution in [-0.4, -0.2) is 4.98 Å². The predicted octanol–water partition coefficient (Wildman–Crippen LogP) is 11.9. The lowest BCUT2D eigenvalue weighted by atomic mass is 9.82. The third-order valence-electron chi connectivity index (χ3n) is 9.68. The first-order valence-corrected chi connectivity index (χ1v) is 15.2. The minimum atomic E-state index is 1.17. The van der Waals surface area contributed by atoms with Gasteiger partial charge in [-0.3, -0.25) is 4.98 Å². The minimum absolute atomic E-state index is 1.17. The van der Waals surface area contributed by atoms with Crippen molar-refractivity contribution in [3.8, 4) is 22.3 Å². The van der Waals surface area contributed by atoms with Crippen LogP contribution < -0.4 is 0 Å². The van der Waals surface area contributed by atoms with Crippen molar-refractivity contribution < 1.29 is 0 Å². The van der Waals surface area contributed by atoms with Gasteiger partial charge in [-0.1, -0.05) is 133 Å². The van der Waals surface area contributed by atoms with Gasteiger partial charge in [-0.15, -0.1) is 0 Å². The van der Waals surface area contributed by atoms with Crippen LogP contribution in [-0.2, 0) is 0 Å². The molecule has 202 valence electrons. The van der Waals surface area contributed by atoms with E-state index in [9.17, 15) is 0 Å². The minimum Gasteiger partial charge on any atom is -0.264 e. The maximum atomic E-state index is 4.70. The van der Waals surface area contributed by atoms with Crippen LogP contribution >= 0.6 is 0 Å². The number of hydrogen-bond donors (Lipinski definition) is 0. The zero-order valence-electron chi connectivity index (χ0n) is 23.9. The van der Waals surface area contributed by atoms with Crippen molar-refractivity contribution in [3.05, 3.63) is 152 Å². The molecule has 0 atom stereocenters. The van der Waals surface area contributed by atoms with Crippen molar-refractivity contribution in [3.63, 3.8) is 0 Å². The highest BCUT2D eigenvalue weighted by atomic mass is 14.6. The fourth-order valence-corrected chi connectivity index (χ4v) is 7.91. The molecule has 0 spiro atoms. The summed E-state index contributed by atoms with van der Waals surface area (Å²) in [4.78, 5) is 4.70. The maximum Gasteiger partial charge on any atom is 0.0353 e. The Morgan fingerprint density at radius 2 is 0.795 bits per heavy atom. The Hall–Kier alpha value is -5.79. The summed E-state index contributed by atoms with van der Waals surface area (Å²) < 4.78 is 0. The summed E-state index contributed by atoms with van der Waals surface area (Å²) in [5.74, 6) is 0. The smallest absolute Gasteiger partial charge is 0.0353 e. The first-order chi connectivity index (χ1) is 21.9. The van der Waals surface area contributed by atoms with Crippen LogP contribution in [0.1, 0.15) is 0 Å². The zero-order valence-corrected chi connectivity index (χ0v) is 23.9. The van der Waals surface area contributed by atoms with Crippen molar-refractivity contribution in [1.82, 2.24) is 4.98 Å². The molecule has 1 heterocycles. The van der Waals surface area contributed by atoms with Crippen molar-refractivity contribution in [1.29, 1.82) is 0 Å². The van der Waals surface area contributed by atoms with Crippen molar-refractivity contribution in [2.24, 2.45) is 0 Å². The van der Waals surface area contributed by atoms with Gasteiger partial charge in [0, 0.05) is 17.8 Å². The van der Waals surface area contributed by atoms with Gasteiger partial charge >= 0.3 is 0 Å². The standard InChI is InChI=1S/C43H25N/c1-2-13-28-26(9-1)10-5-16-29(28)41-32-14-3-4-15-33(32)43(39-25-44-24-23-38(39)41)37-22-21-36-31-18-7-12-27-11-6-17-30(40(27)31)34-19-8-20-35(37)42(34)36/h1-25H. The Morgan fingerprint density at radius 3 is 1.59 bits per heavy atom. The van der Waals surface area contributed by atoms with Gasteiger partial charge in [0.05, 0.1) is 0 Å². The van der Waals surface area contributed by atoms with E-state index in [1.807, 2.05) is 6.20 Å². The van der Waals surface area contributed by atoms with E-state index < -0.39 is 0 Å². The molecule has 1 aromatic heterocycles. The second-order valence-electron chi connectivity index (χ2n) is 11.8. The molecule has 0 aliphatic heterocycles. The van der Waals surface area contributed by atoms with Gasteiger partial charge in [0.15, 0.2) is 0 Å². The second-order valence-corrected chi connectivity index (χ2v) is 11.8. The molecule has 0 unspecified atom stereocenters. The second kappa shape index (κ2) is 8.86. The molecule has 0 saturated heterocycles. The van der Waals surface area contributed by atoms with Gasteiger partial charge in [-0.25, -0.2) is 0 Å². The molecule has 0 bridgehead atoms. The fourth-order valence-electron chi connectivity index (χ4n) is 7.91. The Balaban J connectivity index is 1.39. The quantitative estimate of drug-likeness (QED) is 0.153. The highest BCUT2D eigenvalue weighted by Gasteiger charge is 2.21. The van der Waals surface area contributed by atoms with Crippen LogP contribution in [0.4, 0.5) is 0 Å². The number of hydrogen-bond acceptors (Lipinski definition) is 1. The molecular weight excluding hydrogens is 530 g/mol. The first-order valence-electron chi connectivity index (χ1n) is 15.2. The van der Waals surface area contributed by atoms with Crippen LogP contribution in [0.5, 0.6) is 0 Å². The van der Waals surface area contributed by atoms with E-state index >= 15 is 0 Å². The Bertz CT molecular complexity index is 2660. The average molecular weight is 556 g/mol. The number of pyridine rings is 1. The molecule has 0 amide bonds. The summed E-state index contributed by atoms with van der Waals surface area (Å²) in [5, 5.41) is 17.9. The van der Waals surface area contributed by atoms with Crippen LogP contribution in [0.15, 0.2) is 152 Å². The summed E-state index contributed by atoms with van der Waals surface area (Å²) in [5.41, 5.74) is 5.01. The third kappa shape index (κ3) is 3.11. The molecule has 0 aliphatic carbocycles. The van der Waals surface area contributed by atoms with Gasteiger partial charge in [0.1, 0.15) is 0 Å². The Kier molecular flexibility index (Phi) is 4.78. The summed E-state index contributed by atoms with van der Waals surface area (Å²) >= 11 is 0. The zero-order chi connectivity index (χ0) is 28.8. The van der Waals surface area contributed by atoms with Gasteiger partial charge in [-0.2, -0.15) is 0 Å². The fraction of sp³-hybridized carbons (Fsp3) is 0. The molecule has 0 saturated carbocycles. The monoisotopic (exact) mass is 555 g/mol. The molecule has 0 N–H and O–H groups in total. The lowest BCUT2D eigenvalue weighted by Gasteiger charge is -2.21. The number of fused-ring (bicyclic) bond motifs is 5. The summed E-state index contributed by atoms with van der Waals surface area (Å²) in [6.07, 6.45) is 4.00. The van der Waals surface area contributed by atoms with E-state index in [1.54, 1.807) is 0 Å². The van der Waals surface area contributed by atoms with E-state index in [4.69, 9.17) is 4.98 Å². The number of rotatable bonds is 2. The lowest BCUT2D eigenvalue weighted by molar-refractivity contribution is 1.37. The topological polar surface area (TPSA) is 12.9 Å². The van der Waals surface area contributed by atoms with Crippen LogP contribution in [0.25, 0.3) is 97.7 Å². The third-order valence-corrected chi connectivity index (χ3v) is 9.68. The van der Waals surface area contributed by atoms with Gasteiger partial charge < -0.3 is 0 Å². The van der Waals surface area contributed by atoms with E-state index in [0.29, 0.717) is 0 Å². The van der Waals surface area contributed by atoms with E-state index in [2.05, 4.69) is 146 Å². The lowest BCUT2D eigenvalue weighted by Crippen LogP contribution is -1.94. The van der Waals surface area contributed by atoms with Crippen molar-refractivity contribution in [2.75, 3.05) is 0 Å². The van der Waals surface area contributed by atoms with Crippen molar-refractivity contribution >= 4 is 75.4 Å². The molecule has 10 rings (SSSR count). The molecule has 1 nitrogen and oxygen atoms in total. The number of benzene rings is 9. The molecule has 9 aromatic carbocycles. The largest absolute Gasteiger partial charge is 0.264 e. The van der Waals surface area contributed by atoms with Gasteiger partial charge in [0.25, 0.3) is 0 Å².